The molecular weight excluding hydrogens is 240 g/mol. The van der Waals surface area contributed by atoms with Gasteiger partial charge in [-0.2, -0.15) is 0 Å². The van der Waals surface area contributed by atoms with Crippen LogP contribution in [0.1, 0.15) is 19.3 Å². The van der Waals surface area contributed by atoms with Crippen molar-refractivity contribution in [2.75, 3.05) is 11.4 Å². The number of hydrogen-bond acceptors (Lipinski definition) is 2. The minimum Gasteiger partial charge on any atom is -0.368 e. The lowest BCUT2D eigenvalue weighted by Crippen LogP contribution is -2.39. The smallest absolute Gasteiger partial charge is 0.237 e. The van der Waals surface area contributed by atoms with E-state index in [9.17, 15) is 9.59 Å². The summed E-state index contributed by atoms with van der Waals surface area (Å²) in [4.78, 5) is 24.9. The van der Waals surface area contributed by atoms with E-state index in [1.54, 1.807) is 0 Å². The number of para-hydroxylation sites is 1. The third-order valence-corrected chi connectivity index (χ3v) is 3.23. The minimum atomic E-state index is -0.501. The Bertz CT molecular complexity index is 482. The second kappa shape index (κ2) is 6.18. The molecule has 2 N–H and O–H groups in total. The molecule has 0 heterocycles. The maximum Gasteiger partial charge on any atom is 0.237 e. The van der Waals surface area contributed by atoms with Gasteiger partial charge in [0, 0.05) is 12.1 Å². The van der Waals surface area contributed by atoms with Crippen LogP contribution in [0.4, 0.5) is 5.69 Å². The molecular formula is C15H18N2O2. The molecule has 0 aromatic heterocycles. The number of nitrogens with two attached hydrogens (primary N) is 1. The van der Waals surface area contributed by atoms with Crippen LogP contribution in [-0.2, 0) is 9.59 Å². The Morgan fingerprint density at radius 2 is 2.00 bits per heavy atom. The molecule has 1 aromatic carbocycles. The summed E-state index contributed by atoms with van der Waals surface area (Å²) in [5, 5.41) is 0. The molecule has 0 radical (unpaired) electrons. The van der Waals surface area contributed by atoms with Gasteiger partial charge in [0.2, 0.25) is 11.8 Å². The lowest BCUT2D eigenvalue weighted by atomic mass is 10.0. The fourth-order valence-corrected chi connectivity index (χ4v) is 2.29. The van der Waals surface area contributed by atoms with Gasteiger partial charge in [0.15, 0.2) is 0 Å². The van der Waals surface area contributed by atoms with Crippen LogP contribution in [-0.4, -0.2) is 18.4 Å². The molecule has 0 saturated heterocycles. The molecule has 1 aliphatic rings. The first-order chi connectivity index (χ1) is 9.16. The molecule has 2 rings (SSSR count). The number of primary amides is 1. The summed E-state index contributed by atoms with van der Waals surface area (Å²) in [6.07, 6.45) is 6.63. The molecule has 100 valence electrons. The Balaban J connectivity index is 2.10. The summed E-state index contributed by atoms with van der Waals surface area (Å²) >= 11 is 0. The first-order valence-corrected chi connectivity index (χ1v) is 6.47. The molecule has 0 bridgehead atoms. The zero-order valence-electron chi connectivity index (χ0n) is 10.8. The van der Waals surface area contributed by atoms with E-state index in [1.807, 2.05) is 30.3 Å². The highest BCUT2D eigenvalue weighted by Gasteiger charge is 2.21. The summed E-state index contributed by atoms with van der Waals surface area (Å²) in [5.74, 6) is -0.271. The molecule has 19 heavy (non-hydrogen) atoms. The van der Waals surface area contributed by atoms with Crippen LogP contribution >= 0.6 is 0 Å². The average molecular weight is 258 g/mol. The number of rotatable bonds is 5. The Labute approximate surface area is 112 Å². The summed E-state index contributed by atoms with van der Waals surface area (Å²) in [5.41, 5.74) is 5.95. The van der Waals surface area contributed by atoms with Gasteiger partial charge >= 0.3 is 0 Å². The SMILES string of the molecule is NC(=O)CN(C(=O)C[C@H]1C=CCC1)c1ccccc1. The van der Waals surface area contributed by atoms with Crippen molar-refractivity contribution in [2.45, 2.75) is 19.3 Å². The molecule has 2 amide bonds. The second-order valence-corrected chi connectivity index (χ2v) is 4.75. The van der Waals surface area contributed by atoms with Crippen LogP contribution in [0.15, 0.2) is 42.5 Å². The lowest BCUT2D eigenvalue weighted by molar-refractivity contribution is -0.122. The van der Waals surface area contributed by atoms with Crippen LogP contribution < -0.4 is 10.6 Å². The van der Waals surface area contributed by atoms with Gasteiger partial charge < -0.3 is 10.6 Å². The van der Waals surface area contributed by atoms with E-state index in [0.29, 0.717) is 12.1 Å². The Morgan fingerprint density at radius 3 is 2.58 bits per heavy atom. The normalized spacial score (nSPS) is 17.4. The number of allylic oxidation sites excluding steroid dienone is 2. The number of benzene rings is 1. The van der Waals surface area contributed by atoms with Gasteiger partial charge in [-0.3, -0.25) is 9.59 Å². The van der Waals surface area contributed by atoms with Gasteiger partial charge in [-0.15, -0.1) is 0 Å². The van der Waals surface area contributed by atoms with Gasteiger partial charge in [-0.25, -0.2) is 0 Å². The van der Waals surface area contributed by atoms with E-state index in [2.05, 4.69) is 12.2 Å². The molecule has 1 aromatic rings. The van der Waals surface area contributed by atoms with Gasteiger partial charge in [0.25, 0.3) is 0 Å². The third kappa shape index (κ3) is 3.68. The van der Waals surface area contributed by atoms with Crippen molar-refractivity contribution in [2.24, 2.45) is 11.7 Å². The standard InChI is InChI=1S/C15H18N2O2/c16-14(18)11-17(13-8-2-1-3-9-13)15(19)10-12-6-4-5-7-12/h1-4,6,8-9,12H,5,7,10-11H2,(H2,16,18)/t12-/m0/s1. The van der Waals surface area contributed by atoms with E-state index in [1.165, 1.54) is 4.90 Å². The van der Waals surface area contributed by atoms with Crippen molar-refractivity contribution < 1.29 is 9.59 Å². The summed E-state index contributed by atoms with van der Waals surface area (Å²) in [6, 6.07) is 9.17. The molecule has 0 saturated carbocycles. The molecule has 4 nitrogen and oxygen atoms in total. The van der Waals surface area contributed by atoms with Gasteiger partial charge in [-0.1, -0.05) is 30.4 Å². The molecule has 0 spiro atoms. The van der Waals surface area contributed by atoms with Crippen LogP contribution in [0.3, 0.4) is 0 Å². The first kappa shape index (κ1) is 13.3. The fraction of sp³-hybridized carbons (Fsp3) is 0.333. The van der Waals surface area contributed by atoms with Gasteiger partial charge in [-0.05, 0) is 30.9 Å². The zero-order chi connectivity index (χ0) is 13.7. The number of anilines is 1. The third-order valence-electron chi connectivity index (χ3n) is 3.23. The highest BCUT2D eigenvalue weighted by Crippen LogP contribution is 2.23. The van der Waals surface area contributed by atoms with Gasteiger partial charge in [0.1, 0.15) is 6.54 Å². The van der Waals surface area contributed by atoms with E-state index in [0.717, 1.165) is 12.8 Å². The molecule has 1 atom stereocenters. The van der Waals surface area contributed by atoms with E-state index in [-0.39, 0.29) is 18.4 Å². The van der Waals surface area contributed by atoms with Crippen LogP contribution in [0, 0.1) is 5.92 Å². The number of nitrogens with zero attached hydrogens (tertiary/aromatic N) is 1. The van der Waals surface area contributed by atoms with Crippen LogP contribution in [0.2, 0.25) is 0 Å². The maximum atomic E-state index is 12.3. The predicted octanol–water partition coefficient (Wildman–Crippen LogP) is 1.86. The topological polar surface area (TPSA) is 63.4 Å². The van der Waals surface area contributed by atoms with E-state index in [4.69, 9.17) is 5.73 Å². The van der Waals surface area contributed by atoms with E-state index < -0.39 is 5.91 Å². The van der Waals surface area contributed by atoms with E-state index >= 15 is 0 Å². The van der Waals surface area contributed by atoms with Crippen molar-refractivity contribution in [1.29, 1.82) is 0 Å². The largest absolute Gasteiger partial charge is 0.368 e. The minimum absolute atomic E-state index is 0.0541. The molecule has 1 aliphatic carbocycles. The summed E-state index contributed by atoms with van der Waals surface area (Å²) in [6.45, 7) is -0.0702. The predicted molar refractivity (Wildman–Crippen MR) is 74.5 cm³/mol. The maximum absolute atomic E-state index is 12.3. The number of carbonyl (C=O) groups excluding carboxylic acids is 2. The Kier molecular flexibility index (Phi) is 4.34. The van der Waals surface area contributed by atoms with Crippen molar-refractivity contribution in [3.05, 3.63) is 42.5 Å². The van der Waals surface area contributed by atoms with Crippen molar-refractivity contribution >= 4 is 17.5 Å². The number of carbonyl (C=O) groups is 2. The monoisotopic (exact) mass is 258 g/mol. The quantitative estimate of drug-likeness (QED) is 0.819. The molecule has 4 heteroatoms. The zero-order valence-corrected chi connectivity index (χ0v) is 10.8. The molecule has 0 unspecified atom stereocenters. The number of hydrogen-bond donors (Lipinski definition) is 1. The Hall–Kier alpha value is -2.10. The summed E-state index contributed by atoms with van der Waals surface area (Å²) in [7, 11) is 0. The highest BCUT2D eigenvalue weighted by molar-refractivity contribution is 5.98. The Morgan fingerprint density at radius 1 is 1.26 bits per heavy atom. The molecule has 0 aliphatic heterocycles. The van der Waals surface area contributed by atoms with Crippen LogP contribution in [0.5, 0.6) is 0 Å². The highest BCUT2D eigenvalue weighted by atomic mass is 16.2. The molecule has 0 fully saturated rings. The lowest BCUT2D eigenvalue weighted by Gasteiger charge is -2.22. The first-order valence-electron chi connectivity index (χ1n) is 6.47. The summed E-state index contributed by atoms with van der Waals surface area (Å²) < 4.78 is 0. The van der Waals surface area contributed by atoms with Crippen LogP contribution in [0.25, 0.3) is 0 Å². The van der Waals surface area contributed by atoms with Crippen molar-refractivity contribution in [3.63, 3.8) is 0 Å². The second-order valence-electron chi connectivity index (χ2n) is 4.75. The van der Waals surface area contributed by atoms with Crippen molar-refractivity contribution in [3.8, 4) is 0 Å². The van der Waals surface area contributed by atoms with Gasteiger partial charge in [0.05, 0.1) is 0 Å². The number of amides is 2. The average Bonchev–Trinajstić information content (AvgIpc) is 2.89. The van der Waals surface area contributed by atoms with Crippen molar-refractivity contribution in [1.82, 2.24) is 0 Å². The fourth-order valence-electron chi connectivity index (χ4n) is 2.29.